The van der Waals surface area contributed by atoms with Gasteiger partial charge in [0, 0.05) is 43.5 Å². The van der Waals surface area contributed by atoms with Crippen LogP contribution in [0.1, 0.15) is 15.9 Å². The third-order valence-corrected chi connectivity index (χ3v) is 5.60. The molecule has 1 saturated heterocycles. The molecule has 2 aromatic carbocycles. The quantitative estimate of drug-likeness (QED) is 0.597. The largest absolute Gasteiger partial charge is 0.454 e. The Labute approximate surface area is 187 Å². The molecule has 7 nitrogen and oxygen atoms in total. The molecule has 2 aliphatic heterocycles. The van der Waals surface area contributed by atoms with Crippen LogP contribution in [0.15, 0.2) is 54.7 Å². The molecule has 0 unspecified atom stereocenters. The van der Waals surface area contributed by atoms with Crippen LogP contribution in [-0.2, 0) is 6.18 Å². The lowest BCUT2D eigenvalue weighted by atomic mass is 10.1. The van der Waals surface area contributed by atoms with E-state index in [9.17, 15) is 18.0 Å². The van der Waals surface area contributed by atoms with E-state index in [1.54, 1.807) is 35.2 Å². The molecule has 170 valence electrons. The van der Waals surface area contributed by atoms with Crippen LogP contribution in [0.25, 0.3) is 11.3 Å². The van der Waals surface area contributed by atoms with Gasteiger partial charge in [-0.15, -0.1) is 0 Å². The maximum absolute atomic E-state index is 13.1. The number of fused-ring (bicyclic) bond motifs is 1. The second-order valence-electron chi connectivity index (χ2n) is 7.67. The number of hydrogen-bond donors (Lipinski definition) is 0. The minimum atomic E-state index is -4.42. The Bertz CT molecular complexity index is 1190. The van der Waals surface area contributed by atoms with Gasteiger partial charge in [0.15, 0.2) is 11.5 Å². The van der Waals surface area contributed by atoms with Gasteiger partial charge >= 0.3 is 6.18 Å². The van der Waals surface area contributed by atoms with Gasteiger partial charge in [0.1, 0.15) is 0 Å². The van der Waals surface area contributed by atoms with Crippen molar-refractivity contribution in [2.24, 2.45) is 0 Å². The number of piperazine rings is 1. The number of ether oxygens (including phenoxy) is 2. The van der Waals surface area contributed by atoms with Gasteiger partial charge < -0.3 is 19.3 Å². The predicted molar refractivity (Wildman–Crippen MR) is 113 cm³/mol. The number of alkyl halides is 3. The molecule has 1 aromatic heterocycles. The first kappa shape index (κ1) is 21.0. The number of anilines is 1. The van der Waals surface area contributed by atoms with Crippen LogP contribution in [0.2, 0.25) is 0 Å². The summed E-state index contributed by atoms with van der Waals surface area (Å²) in [7, 11) is 0. The number of aromatic nitrogens is 2. The molecule has 33 heavy (non-hydrogen) atoms. The minimum absolute atomic E-state index is 0.105. The number of rotatable bonds is 3. The molecule has 1 amide bonds. The van der Waals surface area contributed by atoms with Gasteiger partial charge in [-0.3, -0.25) is 4.79 Å². The Balaban J connectivity index is 1.28. The van der Waals surface area contributed by atoms with Gasteiger partial charge in [-0.05, 0) is 36.4 Å². The fourth-order valence-electron chi connectivity index (χ4n) is 3.84. The molecule has 1 fully saturated rings. The molecular formula is C23H19F3N4O3. The first-order valence-corrected chi connectivity index (χ1v) is 10.3. The van der Waals surface area contributed by atoms with Crippen molar-refractivity contribution in [3.63, 3.8) is 0 Å². The lowest BCUT2D eigenvalue weighted by molar-refractivity contribution is -0.137. The maximum Gasteiger partial charge on any atom is 0.416 e. The highest BCUT2D eigenvalue weighted by atomic mass is 19.4. The van der Waals surface area contributed by atoms with Crippen molar-refractivity contribution in [2.45, 2.75) is 6.18 Å². The molecule has 0 spiro atoms. The van der Waals surface area contributed by atoms with Gasteiger partial charge in [0.05, 0.1) is 11.3 Å². The van der Waals surface area contributed by atoms with Gasteiger partial charge in [-0.25, -0.2) is 9.97 Å². The smallest absolute Gasteiger partial charge is 0.416 e. The number of nitrogens with zero attached hydrogens (tertiary/aromatic N) is 4. The molecule has 3 aromatic rings. The summed E-state index contributed by atoms with van der Waals surface area (Å²) in [6.07, 6.45) is -2.89. The van der Waals surface area contributed by atoms with Crippen LogP contribution in [0, 0.1) is 0 Å². The van der Waals surface area contributed by atoms with Gasteiger partial charge in [-0.2, -0.15) is 13.2 Å². The lowest BCUT2D eigenvalue weighted by Gasteiger charge is -2.34. The van der Waals surface area contributed by atoms with E-state index in [-0.39, 0.29) is 12.7 Å². The summed E-state index contributed by atoms with van der Waals surface area (Å²) >= 11 is 0. The van der Waals surface area contributed by atoms with E-state index in [2.05, 4.69) is 9.97 Å². The lowest BCUT2D eigenvalue weighted by Crippen LogP contribution is -2.49. The average Bonchev–Trinajstić information content (AvgIpc) is 3.31. The second-order valence-corrected chi connectivity index (χ2v) is 7.67. The van der Waals surface area contributed by atoms with E-state index in [1.165, 1.54) is 12.3 Å². The molecule has 0 aliphatic carbocycles. The molecule has 5 rings (SSSR count). The zero-order chi connectivity index (χ0) is 23.0. The Hall–Kier alpha value is -3.82. The standard InChI is InChI=1S/C23H19F3N4O3/c24-23(25,26)17-3-1-2-15(12-17)18-6-7-27-22(28-18)30-10-8-29(9-11-30)21(31)16-4-5-19-20(13-16)33-14-32-19/h1-7,12-13H,8-11,14H2. The molecule has 0 saturated carbocycles. The van der Waals surface area contributed by atoms with Crippen LogP contribution in [-0.4, -0.2) is 53.7 Å². The third kappa shape index (κ3) is 4.28. The Morgan fingerprint density at radius 3 is 2.52 bits per heavy atom. The fourth-order valence-corrected chi connectivity index (χ4v) is 3.84. The van der Waals surface area contributed by atoms with Crippen LogP contribution < -0.4 is 14.4 Å². The summed E-state index contributed by atoms with van der Waals surface area (Å²) < 4.78 is 49.8. The molecule has 0 N–H and O–H groups in total. The molecule has 0 bridgehead atoms. The molecule has 0 radical (unpaired) electrons. The van der Waals surface area contributed by atoms with Crippen molar-refractivity contribution < 1.29 is 27.4 Å². The van der Waals surface area contributed by atoms with Crippen LogP contribution in [0.5, 0.6) is 11.5 Å². The van der Waals surface area contributed by atoms with Gasteiger partial charge in [0.25, 0.3) is 5.91 Å². The summed E-state index contributed by atoms with van der Waals surface area (Å²) in [6, 6.07) is 11.7. The highest BCUT2D eigenvalue weighted by Gasteiger charge is 2.31. The number of halogens is 3. The molecule has 10 heteroatoms. The van der Waals surface area contributed by atoms with E-state index in [1.807, 2.05) is 4.90 Å². The van der Waals surface area contributed by atoms with E-state index in [0.717, 1.165) is 12.1 Å². The molecule has 2 aliphatic rings. The first-order valence-electron chi connectivity index (χ1n) is 10.3. The number of amides is 1. The SMILES string of the molecule is O=C(c1ccc2c(c1)OCO2)N1CCN(c2nccc(-c3cccc(C(F)(F)F)c3)n2)CC1. The number of carbonyl (C=O) groups is 1. The highest BCUT2D eigenvalue weighted by molar-refractivity contribution is 5.95. The summed E-state index contributed by atoms with van der Waals surface area (Å²) in [6.45, 7) is 2.07. The Morgan fingerprint density at radius 2 is 1.73 bits per heavy atom. The number of benzene rings is 2. The normalized spacial score (nSPS) is 15.6. The van der Waals surface area contributed by atoms with Crippen molar-refractivity contribution in [3.05, 3.63) is 65.9 Å². The van der Waals surface area contributed by atoms with Crippen LogP contribution >= 0.6 is 0 Å². The van der Waals surface area contributed by atoms with E-state index < -0.39 is 11.7 Å². The third-order valence-electron chi connectivity index (χ3n) is 5.60. The number of carbonyl (C=O) groups excluding carboxylic acids is 1. The number of hydrogen-bond acceptors (Lipinski definition) is 6. The zero-order valence-corrected chi connectivity index (χ0v) is 17.4. The fraction of sp³-hybridized carbons (Fsp3) is 0.261. The van der Waals surface area contributed by atoms with Crippen molar-refractivity contribution in [1.82, 2.24) is 14.9 Å². The Kier molecular flexibility index (Phi) is 5.27. The van der Waals surface area contributed by atoms with Gasteiger partial charge in [-0.1, -0.05) is 12.1 Å². The first-order chi connectivity index (χ1) is 15.9. The van der Waals surface area contributed by atoms with Crippen LogP contribution in [0.3, 0.4) is 0 Å². The maximum atomic E-state index is 13.1. The van der Waals surface area contributed by atoms with Crippen molar-refractivity contribution in [3.8, 4) is 22.8 Å². The molecular weight excluding hydrogens is 437 g/mol. The summed E-state index contributed by atoms with van der Waals surface area (Å²) in [4.78, 5) is 25.3. The van der Waals surface area contributed by atoms with Crippen LogP contribution in [0.4, 0.5) is 19.1 Å². The predicted octanol–water partition coefficient (Wildman–Crippen LogP) is 3.85. The van der Waals surface area contributed by atoms with Crippen molar-refractivity contribution in [1.29, 1.82) is 0 Å². The monoisotopic (exact) mass is 456 g/mol. The second kappa shape index (κ2) is 8.27. The minimum Gasteiger partial charge on any atom is -0.454 e. The summed E-state index contributed by atoms with van der Waals surface area (Å²) in [5.41, 5.74) is 0.571. The van der Waals surface area contributed by atoms with E-state index in [4.69, 9.17) is 9.47 Å². The molecule has 0 atom stereocenters. The van der Waals surface area contributed by atoms with Gasteiger partial charge in [0.2, 0.25) is 12.7 Å². The highest BCUT2D eigenvalue weighted by Crippen LogP contribution is 2.33. The molecule has 3 heterocycles. The topological polar surface area (TPSA) is 67.8 Å². The van der Waals surface area contributed by atoms with E-state index >= 15 is 0 Å². The van der Waals surface area contributed by atoms with Crippen molar-refractivity contribution >= 4 is 11.9 Å². The van der Waals surface area contributed by atoms with E-state index in [0.29, 0.717) is 60.4 Å². The summed E-state index contributed by atoms with van der Waals surface area (Å²) in [5, 5.41) is 0. The van der Waals surface area contributed by atoms with Crippen molar-refractivity contribution in [2.75, 3.05) is 37.9 Å². The zero-order valence-electron chi connectivity index (χ0n) is 17.4. The Morgan fingerprint density at radius 1 is 0.939 bits per heavy atom. The average molecular weight is 456 g/mol. The summed E-state index contributed by atoms with van der Waals surface area (Å²) in [5.74, 6) is 1.49.